The Balaban J connectivity index is 1.98. The number of carbonyl (C=O) groups is 3. The molecule has 7 nitrogen and oxygen atoms in total. The molecule has 2 aromatic rings. The third-order valence-corrected chi connectivity index (χ3v) is 3.86. The van der Waals surface area contributed by atoms with E-state index >= 15 is 0 Å². The highest BCUT2D eigenvalue weighted by molar-refractivity contribution is 5.95. The Morgan fingerprint density at radius 3 is 2.11 bits per heavy atom. The summed E-state index contributed by atoms with van der Waals surface area (Å²) in [6, 6.07) is 13.7. The summed E-state index contributed by atoms with van der Waals surface area (Å²) < 4.78 is 4.81. The predicted molar refractivity (Wildman–Crippen MR) is 103 cm³/mol. The molecular weight excluding hydrogens is 346 g/mol. The topological polar surface area (TPSA) is 87.7 Å². The number of ether oxygens (including phenoxy) is 1. The summed E-state index contributed by atoms with van der Waals surface area (Å²) in [5.41, 5.74) is 2.55. The fraction of sp³-hybridized carbons (Fsp3) is 0.250. The fourth-order valence-corrected chi connectivity index (χ4v) is 2.45. The summed E-state index contributed by atoms with van der Waals surface area (Å²) in [6.45, 7) is 2.43. The second kappa shape index (κ2) is 9.38. The maximum absolute atomic E-state index is 12.6. The van der Waals surface area contributed by atoms with Gasteiger partial charge in [0.25, 0.3) is 11.8 Å². The number of rotatable bonds is 6. The average Bonchev–Trinajstić information content (AvgIpc) is 2.68. The van der Waals surface area contributed by atoms with Crippen LogP contribution in [0.2, 0.25) is 0 Å². The highest BCUT2D eigenvalue weighted by atomic mass is 16.5. The quantitative estimate of drug-likeness (QED) is 0.820. The van der Waals surface area contributed by atoms with E-state index in [0.29, 0.717) is 23.4 Å². The third kappa shape index (κ3) is 5.57. The molecule has 0 atom stereocenters. The molecule has 0 aliphatic rings. The number of hydrogen-bond donors (Lipinski definition) is 2. The minimum absolute atomic E-state index is 0.145. The summed E-state index contributed by atoms with van der Waals surface area (Å²) in [7, 11) is 3.29. The van der Waals surface area contributed by atoms with Gasteiger partial charge in [-0.2, -0.15) is 0 Å². The molecule has 7 heteroatoms. The van der Waals surface area contributed by atoms with Crippen molar-refractivity contribution >= 4 is 23.6 Å². The molecule has 27 heavy (non-hydrogen) atoms. The second-order valence-corrected chi connectivity index (χ2v) is 5.86. The van der Waals surface area contributed by atoms with Crippen LogP contribution >= 0.6 is 0 Å². The van der Waals surface area contributed by atoms with Crippen LogP contribution in [0.25, 0.3) is 0 Å². The van der Waals surface area contributed by atoms with Crippen molar-refractivity contribution in [3.63, 3.8) is 0 Å². The van der Waals surface area contributed by atoms with Gasteiger partial charge in [-0.05, 0) is 48.9 Å². The number of amides is 3. The van der Waals surface area contributed by atoms with Gasteiger partial charge in [0.2, 0.25) is 0 Å². The van der Waals surface area contributed by atoms with E-state index in [-0.39, 0.29) is 18.4 Å². The first-order valence-corrected chi connectivity index (χ1v) is 8.55. The van der Waals surface area contributed by atoms with Gasteiger partial charge in [0.15, 0.2) is 0 Å². The van der Waals surface area contributed by atoms with Gasteiger partial charge in [-0.3, -0.25) is 14.9 Å². The maximum Gasteiger partial charge on any atom is 0.411 e. The third-order valence-electron chi connectivity index (χ3n) is 3.86. The molecule has 0 bridgehead atoms. The number of nitrogens with zero attached hydrogens (tertiary/aromatic N) is 1. The van der Waals surface area contributed by atoms with Crippen molar-refractivity contribution in [3.05, 3.63) is 65.2 Å². The predicted octanol–water partition coefficient (Wildman–Crippen LogP) is 2.89. The molecule has 0 unspecified atom stereocenters. The van der Waals surface area contributed by atoms with Crippen LogP contribution in [0.15, 0.2) is 48.5 Å². The van der Waals surface area contributed by atoms with Gasteiger partial charge >= 0.3 is 6.09 Å². The monoisotopic (exact) mass is 369 g/mol. The van der Waals surface area contributed by atoms with Crippen LogP contribution in [0.4, 0.5) is 10.5 Å². The highest BCUT2D eigenvalue weighted by Crippen LogP contribution is 2.13. The lowest BCUT2D eigenvalue weighted by Gasteiger charge is -2.18. The Kier molecular flexibility index (Phi) is 6.93. The Morgan fingerprint density at radius 2 is 1.56 bits per heavy atom. The van der Waals surface area contributed by atoms with Gasteiger partial charge in [0.1, 0.15) is 0 Å². The first kappa shape index (κ1) is 20.0. The molecule has 0 heterocycles. The minimum atomic E-state index is -0.533. The smallest absolute Gasteiger partial charge is 0.411 e. The van der Waals surface area contributed by atoms with Crippen LogP contribution in [-0.2, 0) is 11.3 Å². The summed E-state index contributed by atoms with van der Waals surface area (Å²) >= 11 is 0. The molecule has 142 valence electrons. The SMILES string of the molecule is CCOC(=O)Nc1ccc(C(=O)N(C)Cc2ccc(C(=O)NC)cc2)cc1. The van der Waals surface area contributed by atoms with Crippen LogP contribution in [0.1, 0.15) is 33.2 Å². The zero-order valence-corrected chi connectivity index (χ0v) is 15.6. The van der Waals surface area contributed by atoms with Crippen LogP contribution in [0.5, 0.6) is 0 Å². The van der Waals surface area contributed by atoms with Crippen molar-refractivity contribution in [2.24, 2.45) is 0 Å². The van der Waals surface area contributed by atoms with Crippen molar-refractivity contribution in [2.45, 2.75) is 13.5 Å². The number of benzene rings is 2. The molecule has 0 fully saturated rings. The average molecular weight is 369 g/mol. The number of anilines is 1. The lowest BCUT2D eigenvalue weighted by molar-refractivity contribution is 0.0784. The van der Waals surface area contributed by atoms with Crippen LogP contribution < -0.4 is 10.6 Å². The Bertz CT molecular complexity index is 801. The van der Waals surface area contributed by atoms with Crippen molar-refractivity contribution in [2.75, 3.05) is 26.0 Å². The molecule has 0 saturated heterocycles. The second-order valence-electron chi connectivity index (χ2n) is 5.86. The van der Waals surface area contributed by atoms with E-state index in [2.05, 4.69) is 10.6 Å². The molecule has 0 aliphatic carbocycles. The summed E-state index contributed by atoms with van der Waals surface area (Å²) in [5.74, 6) is -0.296. The Labute approximate surface area is 158 Å². The molecule has 0 aliphatic heterocycles. The Morgan fingerprint density at radius 1 is 0.963 bits per heavy atom. The van der Waals surface area contributed by atoms with E-state index in [9.17, 15) is 14.4 Å². The van der Waals surface area contributed by atoms with Crippen molar-refractivity contribution in [3.8, 4) is 0 Å². The summed E-state index contributed by atoms with van der Waals surface area (Å²) in [6.07, 6.45) is -0.533. The van der Waals surface area contributed by atoms with Crippen LogP contribution in [0.3, 0.4) is 0 Å². The first-order valence-electron chi connectivity index (χ1n) is 8.55. The van der Waals surface area contributed by atoms with Crippen molar-refractivity contribution in [1.82, 2.24) is 10.2 Å². The molecule has 0 radical (unpaired) electrons. The van der Waals surface area contributed by atoms with E-state index in [0.717, 1.165) is 5.56 Å². The van der Waals surface area contributed by atoms with Crippen LogP contribution in [-0.4, -0.2) is 43.5 Å². The molecular formula is C20H23N3O4. The maximum atomic E-state index is 12.6. The lowest BCUT2D eigenvalue weighted by atomic mass is 10.1. The van der Waals surface area contributed by atoms with Gasteiger partial charge in [-0.15, -0.1) is 0 Å². The fourth-order valence-electron chi connectivity index (χ4n) is 2.45. The van der Waals surface area contributed by atoms with Gasteiger partial charge in [-0.1, -0.05) is 12.1 Å². The lowest BCUT2D eigenvalue weighted by Crippen LogP contribution is -2.26. The number of hydrogen-bond acceptors (Lipinski definition) is 4. The summed E-state index contributed by atoms with van der Waals surface area (Å²) in [5, 5.41) is 5.15. The molecule has 0 aromatic heterocycles. The van der Waals surface area contributed by atoms with E-state index in [1.807, 2.05) is 12.1 Å². The molecule has 2 N–H and O–H groups in total. The largest absolute Gasteiger partial charge is 0.450 e. The number of carbonyl (C=O) groups excluding carboxylic acids is 3. The zero-order valence-electron chi connectivity index (χ0n) is 15.6. The molecule has 0 saturated carbocycles. The van der Waals surface area contributed by atoms with Gasteiger partial charge in [-0.25, -0.2) is 4.79 Å². The number of nitrogens with one attached hydrogen (secondary N) is 2. The van der Waals surface area contributed by atoms with Gasteiger partial charge < -0.3 is 15.0 Å². The molecule has 2 rings (SSSR count). The van der Waals surface area contributed by atoms with Crippen molar-refractivity contribution in [1.29, 1.82) is 0 Å². The standard InChI is InChI=1S/C20H23N3O4/c1-4-27-20(26)22-17-11-9-16(10-12-17)19(25)23(3)13-14-5-7-15(8-6-14)18(24)21-2/h5-12H,4,13H2,1-3H3,(H,21,24)(H,22,26). The van der Waals surface area contributed by atoms with E-state index < -0.39 is 6.09 Å². The van der Waals surface area contributed by atoms with E-state index in [1.54, 1.807) is 62.3 Å². The van der Waals surface area contributed by atoms with E-state index in [1.165, 1.54) is 0 Å². The highest BCUT2D eigenvalue weighted by Gasteiger charge is 2.13. The first-order chi connectivity index (χ1) is 12.9. The van der Waals surface area contributed by atoms with Crippen molar-refractivity contribution < 1.29 is 19.1 Å². The molecule has 3 amide bonds. The summed E-state index contributed by atoms with van der Waals surface area (Å²) in [4.78, 5) is 37.1. The molecule has 0 spiro atoms. The van der Waals surface area contributed by atoms with Gasteiger partial charge in [0.05, 0.1) is 6.61 Å². The van der Waals surface area contributed by atoms with E-state index in [4.69, 9.17) is 4.74 Å². The minimum Gasteiger partial charge on any atom is -0.450 e. The normalized spacial score (nSPS) is 10.0. The Hall–Kier alpha value is -3.35. The van der Waals surface area contributed by atoms with Crippen LogP contribution in [0, 0.1) is 0 Å². The zero-order chi connectivity index (χ0) is 19.8. The van der Waals surface area contributed by atoms with Gasteiger partial charge in [0, 0.05) is 37.5 Å². The molecule has 2 aromatic carbocycles.